The molecule has 0 radical (unpaired) electrons. The third-order valence-electron chi connectivity index (χ3n) is 10.1. The molecule has 5 heterocycles. The van der Waals surface area contributed by atoms with E-state index in [9.17, 15) is 14.0 Å². The van der Waals surface area contributed by atoms with E-state index in [4.69, 9.17) is 11.6 Å². The summed E-state index contributed by atoms with van der Waals surface area (Å²) in [7, 11) is 3.71. The number of benzene rings is 1. The van der Waals surface area contributed by atoms with Gasteiger partial charge in [0.1, 0.15) is 28.8 Å². The number of aryl methyl sites for hydroxylation is 2. The van der Waals surface area contributed by atoms with Crippen LogP contribution in [0.2, 0.25) is 0 Å². The van der Waals surface area contributed by atoms with Crippen LogP contribution in [0.5, 0.6) is 0 Å². The van der Waals surface area contributed by atoms with Crippen molar-refractivity contribution >= 4 is 33.8 Å². The number of aromatic amines is 1. The Bertz CT molecular complexity index is 2410. The lowest BCUT2D eigenvalue weighted by molar-refractivity contribution is -0.132. The second-order valence-electron chi connectivity index (χ2n) is 14.4. The number of carbonyl (C=O) groups is 2. The summed E-state index contributed by atoms with van der Waals surface area (Å²) in [4.78, 5) is 58.8. The molecule has 6 rings (SSSR count). The first-order chi connectivity index (χ1) is 25.7. The summed E-state index contributed by atoms with van der Waals surface area (Å²) >= 11 is 0. The fourth-order valence-corrected chi connectivity index (χ4v) is 7.55. The van der Waals surface area contributed by atoms with E-state index in [2.05, 4.69) is 31.9 Å². The minimum atomic E-state index is -1.15. The number of hydrogen-bond acceptors (Lipinski definition) is 7. The molecule has 1 aliphatic rings. The highest BCUT2D eigenvalue weighted by molar-refractivity contribution is 6.02. The second kappa shape index (κ2) is 15.3. The summed E-state index contributed by atoms with van der Waals surface area (Å²) < 4.78 is 32.5. The molecule has 1 aromatic carbocycles. The van der Waals surface area contributed by atoms with Gasteiger partial charge in [-0.05, 0) is 87.5 Å². The molecule has 14 heteroatoms. The van der Waals surface area contributed by atoms with Crippen LogP contribution in [0.1, 0.15) is 71.3 Å². The molecule has 1 aliphatic heterocycles. The Labute approximate surface area is 311 Å². The maximum atomic E-state index is 16.9. The molecule has 0 bridgehead atoms. The molecular weight excluding hydrogens is 692 g/mol. The maximum absolute atomic E-state index is 16.9. The van der Waals surface area contributed by atoms with Crippen molar-refractivity contribution in [2.45, 2.75) is 58.4 Å². The molecule has 1 fully saturated rings. The van der Waals surface area contributed by atoms with E-state index in [1.54, 1.807) is 18.5 Å². The van der Waals surface area contributed by atoms with Crippen molar-refractivity contribution in [1.29, 1.82) is 0 Å². The summed E-state index contributed by atoms with van der Waals surface area (Å²) in [6.45, 7) is 18.9. The van der Waals surface area contributed by atoms with Gasteiger partial charge in [-0.3, -0.25) is 29.0 Å². The molecule has 0 spiro atoms. The number of fused-ring (bicyclic) bond motifs is 2. The lowest BCUT2D eigenvalue weighted by atomic mass is 9.81. The molecule has 280 valence electrons. The summed E-state index contributed by atoms with van der Waals surface area (Å²) in [5.74, 6) is -4.16. The predicted octanol–water partition coefficient (Wildman–Crippen LogP) is 5.97. The van der Waals surface area contributed by atoms with Crippen LogP contribution in [0, 0.1) is 26.2 Å². The van der Waals surface area contributed by atoms with Gasteiger partial charge >= 0.3 is 0 Å². The van der Waals surface area contributed by atoms with E-state index in [-0.39, 0.29) is 66.2 Å². The summed E-state index contributed by atoms with van der Waals surface area (Å²) in [5.41, 5.74) is 3.13. The number of halogens is 2. The number of rotatable bonds is 10. The van der Waals surface area contributed by atoms with Gasteiger partial charge < -0.3 is 20.0 Å². The Hall–Kier alpha value is -5.81. The number of carbonyl (C=O) groups excluding carboxylic acids is 2. The molecule has 2 N–H and O–H groups in total. The van der Waals surface area contributed by atoms with Crippen LogP contribution in [0.3, 0.4) is 0 Å². The van der Waals surface area contributed by atoms with Gasteiger partial charge in [-0.1, -0.05) is 26.5 Å². The standard InChI is InChI=1S/C40H43F2N9O3/c1-21(2)34-36(23(4)11-13-44-34)51-37-27(18-29(42)35(47-37)31-22(3)9-10-30-28(31)20-46-48-30)32(33(40(51)54)38(52)45-14-16-49(7)8)25-12-15-50(39(53)24(5)41)26(17-25)19-43-6/h9-11,13,18,20-21,25-26H,5,12,14-17,19H2,1-4,7-8H3,(H,45,52)(H,46,48)/t25?,26-/m1/s1. The third kappa shape index (κ3) is 6.87. The summed E-state index contributed by atoms with van der Waals surface area (Å²) in [6.07, 6.45) is 3.57. The number of aromatic nitrogens is 5. The largest absolute Gasteiger partial charge is 0.351 e. The number of H-pyrrole nitrogens is 1. The Morgan fingerprint density at radius 1 is 1.19 bits per heavy atom. The van der Waals surface area contributed by atoms with Gasteiger partial charge in [0.05, 0.1) is 23.1 Å². The fraction of sp³-hybridized carbons (Fsp3) is 0.375. The third-order valence-corrected chi connectivity index (χ3v) is 10.1. The van der Waals surface area contributed by atoms with Gasteiger partial charge in [-0.15, -0.1) is 0 Å². The van der Waals surface area contributed by atoms with Crippen molar-refractivity contribution in [3.63, 3.8) is 0 Å². The number of likely N-dealkylation sites (tertiary alicyclic amines) is 1. The highest BCUT2D eigenvalue weighted by atomic mass is 19.1. The van der Waals surface area contributed by atoms with E-state index in [1.165, 1.54) is 15.5 Å². The number of amides is 2. The van der Waals surface area contributed by atoms with Gasteiger partial charge in [0.2, 0.25) is 6.54 Å². The topological polar surface area (TPSA) is 133 Å². The van der Waals surface area contributed by atoms with Crippen LogP contribution >= 0.6 is 0 Å². The predicted molar refractivity (Wildman–Crippen MR) is 204 cm³/mol. The second-order valence-corrected chi connectivity index (χ2v) is 14.4. The van der Waals surface area contributed by atoms with Gasteiger partial charge in [0, 0.05) is 42.2 Å². The van der Waals surface area contributed by atoms with E-state index in [1.807, 2.05) is 58.8 Å². The molecule has 2 amide bonds. The molecule has 2 atom stereocenters. The first-order valence-electron chi connectivity index (χ1n) is 17.8. The van der Waals surface area contributed by atoms with E-state index in [0.29, 0.717) is 40.0 Å². The Kier molecular flexibility index (Phi) is 10.7. The van der Waals surface area contributed by atoms with Crippen molar-refractivity contribution in [2.75, 3.05) is 40.3 Å². The fourth-order valence-electron chi connectivity index (χ4n) is 7.55. The first kappa shape index (κ1) is 37.9. The van der Waals surface area contributed by atoms with Crippen LogP contribution in [0.4, 0.5) is 8.78 Å². The van der Waals surface area contributed by atoms with Gasteiger partial charge in [0.15, 0.2) is 5.83 Å². The molecule has 4 aromatic heterocycles. The number of nitrogens with zero attached hydrogens (tertiary/aromatic N) is 7. The van der Waals surface area contributed by atoms with Crippen molar-refractivity contribution < 1.29 is 18.4 Å². The normalized spacial score (nSPS) is 16.0. The highest BCUT2D eigenvalue weighted by Gasteiger charge is 2.39. The van der Waals surface area contributed by atoms with Gasteiger partial charge in [-0.25, -0.2) is 20.3 Å². The van der Waals surface area contributed by atoms with E-state index in [0.717, 1.165) is 5.56 Å². The Morgan fingerprint density at radius 2 is 1.94 bits per heavy atom. The number of nitrogens with one attached hydrogen (secondary N) is 2. The average Bonchev–Trinajstić information content (AvgIpc) is 3.60. The minimum absolute atomic E-state index is 0.00492. The zero-order valence-electron chi connectivity index (χ0n) is 31.3. The zero-order chi connectivity index (χ0) is 39.0. The Balaban J connectivity index is 1.73. The number of pyridine rings is 3. The number of likely N-dealkylation sites (N-methyl/N-ethyl adjacent to an activating group) is 1. The van der Waals surface area contributed by atoms with Crippen molar-refractivity contribution in [1.82, 2.24) is 39.8 Å². The molecule has 54 heavy (non-hydrogen) atoms. The molecule has 1 unspecified atom stereocenters. The molecule has 0 saturated carbocycles. The number of hydrogen-bond donors (Lipinski definition) is 2. The van der Waals surface area contributed by atoms with Crippen molar-refractivity contribution in [3.05, 3.63) is 105 Å². The highest BCUT2D eigenvalue weighted by Crippen LogP contribution is 2.41. The smallest absolute Gasteiger partial charge is 0.282 e. The van der Waals surface area contributed by atoms with Crippen LogP contribution in [-0.4, -0.2) is 92.7 Å². The maximum Gasteiger partial charge on any atom is 0.282 e. The summed E-state index contributed by atoms with van der Waals surface area (Å²) in [5, 5.41) is 10.9. The average molecular weight is 736 g/mol. The van der Waals surface area contributed by atoms with Crippen molar-refractivity contribution in [3.8, 4) is 16.9 Å². The molecule has 5 aromatic rings. The van der Waals surface area contributed by atoms with Crippen molar-refractivity contribution in [2.24, 2.45) is 0 Å². The SMILES string of the molecule is [C-]#[N+]C[C@H]1CC(c2c(C(=O)NCCN(C)C)c(=O)n(-c3c(C)ccnc3C(C)C)c3nc(-c4c(C)ccc5[nH]ncc45)c(F)cc23)CCN1C(=O)C(=C)F. The van der Waals surface area contributed by atoms with Gasteiger partial charge in [0.25, 0.3) is 17.4 Å². The van der Waals surface area contributed by atoms with Crippen LogP contribution in [-0.2, 0) is 4.79 Å². The first-order valence-corrected chi connectivity index (χ1v) is 17.8. The lowest BCUT2D eigenvalue weighted by Gasteiger charge is -2.37. The minimum Gasteiger partial charge on any atom is -0.351 e. The van der Waals surface area contributed by atoms with E-state index >= 15 is 9.18 Å². The van der Waals surface area contributed by atoms with Crippen LogP contribution < -0.4 is 10.9 Å². The van der Waals surface area contributed by atoms with E-state index < -0.39 is 41.0 Å². The Morgan fingerprint density at radius 3 is 2.63 bits per heavy atom. The van der Waals surface area contributed by atoms with Crippen LogP contribution in [0.15, 0.2) is 53.9 Å². The molecule has 1 saturated heterocycles. The molecule has 0 aliphatic carbocycles. The molecule has 12 nitrogen and oxygen atoms in total. The monoisotopic (exact) mass is 735 g/mol. The zero-order valence-corrected chi connectivity index (χ0v) is 31.3. The quantitative estimate of drug-likeness (QED) is 0.133. The lowest BCUT2D eigenvalue weighted by Crippen LogP contribution is -2.47. The summed E-state index contributed by atoms with van der Waals surface area (Å²) in [6, 6.07) is 6.02. The number of piperidine rings is 1. The van der Waals surface area contributed by atoms with Gasteiger partial charge in [-0.2, -0.15) is 5.10 Å². The molecular formula is C40H43F2N9O3. The van der Waals surface area contributed by atoms with Crippen LogP contribution in [0.25, 0.3) is 43.7 Å².